The summed E-state index contributed by atoms with van der Waals surface area (Å²) in [5.74, 6) is -0.215. The van der Waals surface area contributed by atoms with Gasteiger partial charge in [-0.3, -0.25) is 14.5 Å². The van der Waals surface area contributed by atoms with Gasteiger partial charge in [-0.15, -0.1) is 0 Å². The molecule has 0 spiro atoms. The van der Waals surface area contributed by atoms with E-state index in [4.69, 9.17) is 9.52 Å². The summed E-state index contributed by atoms with van der Waals surface area (Å²) in [5.41, 5.74) is 0. The summed E-state index contributed by atoms with van der Waals surface area (Å²) in [4.78, 5) is 23.9. The lowest BCUT2D eigenvalue weighted by Crippen LogP contribution is -2.36. The number of carbonyl (C=O) groups is 2. The number of hydrogen-bond acceptors (Lipinski definition) is 4. The molecule has 0 saturated heterocycles. The standard InChI is InChI=1S/C13H20N2O4/c1-10(11-5-4-8-19-11)14-12(16)9-15(2)7-3-6-13(17)18/h4-5,8,10H,3,6-7,9H2,1-2H3,(H,14,16)(H,17,18). The van der Waals surface area contributed by atoms with E-state index < -0.39 is 5.97 Å². The Hall–Kier alpha value is -1.82. The molecule has 1 atom stereocenters. The number of aliphatic carboxylic acids is 1. The van der Waals surface area contributed by atoms with Crippen molar-refractivity contribution in [3.05, 3.63) is 24.2 Å². The lowest BCUT2D eigenvalue weighted by Gasteiger charge is -2.17. The number of carbonyl (C=O) groups excluding carboxylic acids is 1. The Balaban J connectivity index is 2.24. The number of carboxylic acid groups (broad SMARTS) is 1. The van der Waals surface area contributed by atoms with E-state index in [2.05, 4.69) is 5.32 Å². The van der Waals surface area contributed by atoms with Gasteiger partial charge in [0.15, 0.2) is 0 Å². The third kappa shape index (κ3) is 6.05. The zero-order chi connectivity index (χ0) is 14.3. The molecule has 0 bridgehead atoms. The normalized spacial score (nSPS) is 12.4. The van der Waals surface area contributed by atoms with E-state index in [0.717, 1.165) is 0 Å². The molecular weight excluding hydrogens is 248 g/mol. The van der Waals surface area contributed by atoms with E-state index in [1.165, 1.54) is 0 Å². The number of carboxylic acids is 1. The second-order valence-corrected chi connectivity index (χ2v) is 4.54. The summed E-state index contributed by atoms with van der Waals surface area (Å²) in [6, 6.07) is 3.41. The molecule has 1 heterocycles. The van der Waals surface area contributed by atoms with Crippen LogP contribution in [0.25, 0.3) is 0 Å². The number of rotatable bonds is 8. The molecule has 0 fully saturated rings. The Kier molecular flexibility index (Phi) is 6.08. The molecule has 0 aliphatic heterocycles. The van der Waals surface area contributed by atoms with Crippen molar-refractivity contribution in [2.24, 2.45) is 0 Å². The average Bonchev–Trinajstić information content (AvgIpc) is 2.81. The first-order chi connectivity index (χ1) is 8.99. The minimum Gasteiger partial charge on any atom is -0.481 e. The predicted molar refractivity (Wildman–Crippen MR) is 69.6 cm³/mol. The highest BCUT2D eigenvalue weighted by atomic mass is 16.4. The van der Waals surface area contributed by atoms with Crippen molar-refractivity contribution >= 4 is 11.9 Å². The highest BCUT2D eigenvalue weighted by molar-refractivity contribution is 5.78. The van der Waals surface area contributed by atoms with Crippen LogP contribution in [0.3, 0.4) is 0 Å². The highest BCUT2D eigenvalue weighted by Crippen LogP contribution is 2.11. The van der Waals surface area contributed by atoms with Gasteiger partial charge in [-0.2, -0.15) is 0 Å². The lowest BCUT2D eigenvalue weighted by atomic mass is 10.2. The maximum absolute atomic E-state index is 11.7. The molecule has 1 unspecified atom stereocenters. The van der Waals surface area contributed by atoms with Crippen LogP contribution < -0.4 is 5.32 Å². The van der Waals surface area contributed by atoms with Gasteiger partial charge >= 0.3 is 5.97 Å². The highest BCUT2D eigenvalue weighted by Gasteiger charge is 2.13. The third-order valence-corrected chi connectivity index (χ3v) is 2.69. The van der Waals surface area contributed by atoms with Crippen LogP contribution >= 0.6 is 0 Å². The van der Waals surface area contributed by atoms with Gasteiger partial charge in [-0.25, -0.2) is 0 Å². The second kappa shape index (κ2) is 7.58. The van der Waals surface area contributed by atoms with Gasteiger partial charge in [-0.1, -0.05) is 0 Å². The van der Waals surface area contributed by atoms with Gasteiger partial charge in [0.1, 0.15) is 5.76 Å². The minimum atomic E-state index is -0.815. The molecule has 1 rings (SSSR count). The van der Waals surface area contributed by atoms with E-state index in [9.17, 15) is 9.59 Å². The Morgan fingerprint density at radius 2 is 2.26 bits per heavy atom. The summed E-state index contributed by atoms with van der Waals surface area (Å²) >= 11 is 0. The summed E-state index contributed by atoms with van der Waals surface area (Å²) in [6.45, 7) is 2.67. The van der Waals surface area contributed by atoms with Crippen molar-refractivity contribution < 1.29 is 19.1 Å². The van der Waals surface area contributed by atoms with Crippen molar-refractivity contribution in [2.45, 2.75) is 25.8 Å². The number of nitrogens with one attached hydrogen (secondary N) is 1. The SMILES string of the molecule is CC(NC(=O)CN(C)CCCC(=O)O)c1ccco1. The minimum absolute atomic E-state index is 0.110. The number of amides is 1. The molecule has 106 valence electrons. The summed E-state index contributed by atoms with van der Waals surface area (Å²) < 4.78 is 5.20. The van der Waals surface area contributed by atoms with Gasteiger partial charge in [-0.05, 0) is 39.1 Å². The van der Waals surface area contributed by atoms with Crippen LogP contribution in [0.2, 0.25) is 0 Å². The maximum atomic E-state index is 11.7. The molecule has 0 saturated carbocycles. The van der Waals surface area contributed by atoms with Crippen molar-refractivity contribution in [3.8, 4) is 0 Å². The number of hydrogen-bond donors (Lipinski definition) is 2. The van der Waals surface area contributed by atoms with Crippen LogP contribution in [0.5, 0.6) is 0 Å². The average molecular weight is 268 g/mol. The van der Waals surface area contributed by atoms with E-state index in [1.54, 1.807) is 24.3 Å². The summed E-state index contributed by atoms with van der Waals surface area (Å²) in [7, 11) is 1.79. The van der Waals surface area contributed by atoms with Gasteiger partial charge in [0.2, 0.25) is 5.91 Å². The van der Waals surface area contributed by atoms with Crippen LogP contribution in [-0.4, -0.2) is 42.0 Å². The zero-order valence-electron chi connectivity index (χ0n) is 11.3. The predicted octanol–water partition coefficient (Wildman–Crippen LogP) is 1.25. The van der Waals surface area contributed by atoms with Crippen molar-refractivity contribution in [1.82, 2.24) is 10.2 Å². The number of furan rings is 1. The van der Waals surface area contributed by atoms with Crippen LogP contribution in [0.4, 0.5) is 0 Å². The summed E-state index contributed by atoms with van der Waals surface area (Å²) in [6.07, 6.45) is 2.22. The van der Waals surface area contributed by atoms with E-state index in [-0.39, 0.29) is 24.9 Å². The Morgan fingerprint density at radius 3 is 2.84 bits per heavy atom. The topological polar surface area (TPSA) is 82.8 Å². The molecule has 1 aromatic heterocycles. The second-order valence-electron chi connectivity index (χ2n) is 4.54. The molecule has 0 radical (unpaired) electrons. The first kappa shape index (κ1) is 15.2. The number of nitrogens with zero attached hydrogens (tertiary/aromatic N) is 1. The fourth-order valence-electron chi connectivity index (χ4n) is 1.72. The van der Waals surface area contributed by atoms with Crippen molar-refractivity contribution in [3.63, 3.8) is 0 Å². The fourth-order valence-corrected chi connectivity index (χ4v) is 1.72. The molecule has 1 aromatic rings. The largest absolute Gasteiger partial charge is 0.481 e. The van der Waals surface area contributed by atoms with E-state index >= 15 is 0 Å². The van der Waals surface area contributed by atoms with Gasteiger partial charge in [0, 0.05) is 6.42 Å². The fraction of sp³-hybridized carbons (Fsp3) is 0.538. The van der Waals surface area contributed by atoms with Crippen molar-refractivity contribution in [1.29, 1.82) is 0 Å². The van der Waals surface area contributed by atoms with Crippen LogP contribution in [0.1, 0.15) is 31.6 Å². The Bertz CT molecular complexity index is 403. The molecule has 0 aliphatic carbocycles. The molecule has 19 heavy (non-hydrogen) atoms. The van der Waals surface area contributed by atoms with Crippen LogP contribution in [0, 0.1) is 0 Å². The molecule has 0 aliphatic rings. The molecule has 1 amide bonds. The number of likely N-dealkylation sites (N-methyl/N-ethyl adjacent to an activating group) is 1. The molecule has 6 heteroatoms. The first-order valence-electron chi connectivity index (χ1n) is 6.22. The first-order valence-corrected chi connectivity index (χ1v) is 6.22. The molecule has 0 aromatic carbocycles. The third-order valence-electron chi connectivity index (χ3n) is 2.69. The Morgan fingerprint density at radius 1 is 1.53 bits per heavy atom. The smallest absolute Gasteiger partial charge is 0.303 e. The lowest BCUT2D eigenvalue weighted by molar-refractivity contribution is -0.137. The maximum Gasteiger partial charge on any atom is 0.303 e. The van der Waals surface area contributed by atoms with Crippen LogP contribution in [-0.2, 0) is 9.59 Å². The zero-order valence-corrected chi connectivity index (χ0v) is 11.3. The molecule has 2 N–H and O–H groups in total. The monoisotopic (exact) mass is 268 g/mol. The van der Waals surface area contributed by atoms with Gasteiger partial charge in [0.25, 0.3) is 0 Å². The van der Waals surface area contributed by atoms with Gasteiger partial charge < -0.3 is 14.8 Å². The van der Waals surface area contributed by atoms with Crippen LogP contribution in [0.15, 0.2) is 22.8 Å². The van der Waals surface area contributed by atoms with Gasteiger partial charge in [0.05, 0.1) is 18.8 Å². The molecular formula is C13H20N2O4. The Labute approximate surface area is 112 Å². The van der Waals surface area contributed by atoms with E-state index in [1.807, 2.05) is 13.0 Å². The van der Waals surface area contributed by atoms with Crippen molar-refractivity contribution in [2.75, 3.05) is 20.1 Å². The molecule has 6 nitrogen and oxygen atoms in total. The van der Waals surface area contributed by atoms with E-state index in [0.29, 0.717) is 18.7 Å². The summed E-state index contributed by atoms with van der Waals surface area (Å²) in [5, 5.41) is 11.3. The quantitative estimate of drug-likeness (QED) is 0.741.